The largest absolute Gasteiger partial charge is 0.352 e. The fourth-order valence-electron chi connectivity index (χ4n) is 3.69. The lowest BCUT2D eigenvalue weighted by Gasteiger charge is -2.33. The van der Waals surface area contributed by atoms with E-state index in [1.165, 1.54) is 11.1 Å². The number of hydrogen-bond donors (Lipinski definition) is 1. The fourth-order valence-corrected chi connectivity index (χ4v) is 3.69. The molecule has 148 valence electrons. The quantitative estimate of drug-likeness (QED) is 0.763. The zero-order valence-electron chi connectivity index (χ0n) is 15.9. The Balaban J connectivity index is 1.49. The van der Waals surface area contributed by atoms with Gasteiger partial charge in [-0.3, -0.25) is 9.59 Å². The molecule has 2 amide bonds. The van der Waals surface area contributed by atoms with Crippen molar-refractivity contribution in [2.75, 3.05) is 13.6 Å². The molecule has 2 aromatic carbocycles. The molecule has 0 radical (unpaired) electrons. The second-order valence-electron chi connectivity index (χ2n) is 7.10. The fraction of sp³-hybridized carbons (Fsp3) is 0.364. The maximum Gasteiger partial charge on any atom is 0.254 e. The van der Waals surface area contributed by atoms with Crippen LogP contribution in [-0.4, -0.2) is 30.3 Å². The van der Waals surface area contributed by atoms with E-state index in [0.717, 1.165) is 31.4 Å². The van der Waals surface area contributed by atoms with Crippen molar-refractivity contribution >= 4 is 11.8 Å². The van der Waals surface area contributed by atoms with Gasteiger partial charge in [-0.2, -0.15) is 0 Å². The summed E-state index contributed by atoms with van der Waals surface area (Å²) in [6.45, 7) is 0.247. The van der Waals surface area contributed by atoms with Gasteiger partial charge in [-0.15, -0.1) is 0 Å². The number of fused-ring (bicyclic) bond motifs is 1. The Labute approximate surface area is 163 Å². The smallest absolute Gasteiger partial charge is 0.254 e. The van der Waals surface area contributed by atoms with E-state index in [0.29, 0.717) is 18.9 Å². The molecule has 0 fully saturated rings. The van der Waals surface area contributed by atoms with Crippen LogP contribution in [0, 0.1) is 11.6 Å². The minimum atomic E-state index is -0.899. The number of nitrogens with one attached hydrogen (secondary N) is 1. The summed E-state index contributed by atoms with van der Waals surface area (Å²) in [6, 6.07) is 11.1. The van der Waals surface area contributed by atoms with E-state index in [9.17, 15) is 18.4 Å². The van der Waals surface area contributed by atoms with Gasteiger partial charge in [0.15, 0.2) is 0 Å². The highest BCUT2D eigenvalue weighted by Gasteiger charge is 2.26. The van der Waals surface area contributed by atoms with Gasteiger partial charge in [-0.1, -0.05) is 24.3 Å². The van der Waals surface area contributed by atoms with Crippen LogP contribution < -0.4 is 5.32 Å². The molecule has 0 unspecified atom stereocenters. The van der Waals surface area contributed by atoms with Gasteiger partial charge in [0.1, 0.15) is 11.6 Å². The van der Waals surface area contributed by atoms with Gasteiger partial charge in [-0.25, -0.2) is 8.78 Å². The highest BCUT2D eigenvalue weighted by Crippen LogP contribution is 2.33. The third-order valence-corrected chi connectivity index (χ3v) is 5.23. The van der Waals surface area contributed by atoms with Gasteiger partial charge in [0.25, 0.3) is 5.91 Å². The first-order chi connectivity index (χ1) is 13.5. The van der Waals surface area contributed by atoms with Gasteiger partial charge in [0, 0.05) is 26.1 Å². The van der Waals surface area contributed by atoms with Gasteiger partial charge < -0.3 is 10.2 Å². The Bertz CT molecular complexity index is 869. The Kier molecular flexibility index (Phi) is 6.39. The zero-order chi connectivity index (χ0) is 20.1. The van der Waals surface area contributed by atoms with Crippen LogP contribution in [0.1, 0.15) is 53.2 Å². The number of nitrogens with zero attached hydrogens (tertiary/aromatic N) is 1. The molecule has 4 nitrogen and oxygen atoms in total. The Morgan fingerprint density at radius 3 is 2.75 bits per heavy atom. The lowest BCUT2D eigenvalue weighted by molar-refractivity contribution is -0.132. The highest BCUT2D eigenvalue weighted by atomic mass is 19.1. The lowest BCUT2D eigenvalue weighted by Crippen LogP contribution is -2.34. The second-order valence-corrected chi connectivity index (χ2v) is 7.10. The van der Waals surface area contributed by atoms with Crippen molar-refractivity contribution in [3.05, 3.63) is 70.8 Å². The minimum absolute atomic E-state index is 0.0175. The SMILES string of the molecule is CN(C(=O)CCCNC(=O)c1ccc(F)cc1F)[C@@H]1CCCc2ccccc21. The van der Waals surface area contributed by atoms with Gasteiger partial charge in [-0.05, 0) is 48.9 Å². The van der Waals surface area contributed by atoms with Crippen molar-refractivity contribution in [1.29, 1.82) is 0 Å². The summed E-state index contributed by atoms with van der Waals surface area (Å²) in [7, 11) is 1.82. The first kappa shape index (κ1) is 20.0. The summed E-state index contributed by atoms with van der Waals surface area (Å²) in [5.41, 5.74) is 2.31. The molecular formula is C22H24F2N2O2. The van der Waals surface area contributed by atoms with Crippen molar-refractivity contribution < 1.29 is 18.4 Å². The summed E-state index contributed by atoms with van der Waals surface area (Å²) in [4.78, 5) is 26.3. The molecule has 0 saturated heterocycles. The van der Waals surface area contributed by atoms with Gasteiger partial charge in [0.2, 0.25) is 5.91 Å². The number of benzene rings is 2. The highest BCUT2D eigenvalue weighted by molar-refractivity contribution is 5.94. The van der Waals surface area contributed by atoms with Crippen LogP contribution in [0.15, 0.2) is 42.5 Å². The predicted molar refractivity (Wildman–Crippen MR) is 103 cm³/mol. The normalized spacial score (nSPS) is 15.6. The number of carbonyl (C=O) groups is 2. The number of amides is 2. The van der Waals surface area contributed by atoms with Crippen LogP contribution >= 0.6 is 0 Å². The van der Waals surface area contributed by atoms with E-state index in [-0.39, 0.29) is 24.1 Å². The maximum absolute atomic E-state index is 13.6. The third kappa shape index (κ3) is 4.55. The molecule has 28 heavy (non-hydrogen) atoms. The van der Waals surface area contributed by atoms with Crippen LogP contribution in [0.4, 0.5) is 8.78 Å². The number of aryl methyl sites for hydroxylation is 1. The Morgan fingerprint density at radius 2 is 1.96 bits per heavy atom. The lowest BCUT2D eigenvalue weighted by atomic mass is 9.87. The molecule has 2 aromatic rings. The molecule has 1 atom stereocenters. The van der Waals surface area contributed by atoms with E-state index in [1.54, 1.807) is 4.90 Å². The van der Waals surface area contributed by atoms with Crippen molar-refractivity contribution in [2.45, 2.75) is 38.1 Å². The number of carbonyl (C=O) groups excluding carboxylic acids is 2. The molecule has 0 spiro atoms. The summed E-state index contributed by atoms with van der Waals surface area (Å²) in [5.74, 6) is -2.22. The topological polar surface area (TPSA) is 49.4 Å². The zero-order valence-corrected chi connectivity index (χ0v) is 15.9. The molecule has 0 aliphatic heterocycles. The average Bonchev–Trinajstić information content (AvgIpc) is 2.69. The molecule has 3 rings (SSSR count). The van der Waals surface area contributed by atoms with Crippen molar-refractivity contribution in [3.63, 3.8) is 0 Å². The molecule has 6 heteroatoms. The van der Waals surface area contributed by atoms with Crippen LogP contribution in [-0.2, 0) is 11.2 Å². The average molecular weight is 386 g/mol. The number of halogens is 2. The molecule has 0 aromatic heterocycles. The Hall–Kier alpha value is -2.76. The first-order valence-electron chi connectivity index (χ1n) is 9.54. The minimum Gasteiger partial charge on any atom is -0.352 e. The molecule has 1 N–H and O–H groups in total. The van der Waals surface area contributed by atoms with Crippen LogP contribution in [0.3, 0.4) is 0 Å². The molecule has 0 saturated carbocycles. The summed E-state index contributed by atoms with van der Waals surface area (Å²) < 4.78 is 26.5. The second kappa shape index (κ2) is 8.95. The first-order valence-corrected chi connectivity index (χ1v) is 9.54. The third-order valence-electron chi connectivity index (χ3n) is 5.23. The molecular weight excluding hydrogens is 362 g/mol. The summed E-state index contributed by atoms with van der Waals surface area (Å²) in [5, 5.41) is 2.58. The molecule has 1 aliphatic rings. The number of hydrogen-bond acceptors (Lipinski definition) is 2. The predicted octanol–water partition coefficient (Wildman–Crippen LogP) is 4.01. The van der Waals surface area contributed by atoms with E-state index >= 15 is 0 Å². The van der Waals surface area contributed by atoms with Crippen molar-refractivity contribution in [1.82, 2.24) is 10.2 Å². The van der Waals surface area contributed by atoms with Gasteiger partial charge >= 0.3 is 0 Å². The van der Waals surface area contributed by atoms with E-state index in [2.05, 4.69) is 17.4 Å². The summed E-state index contributed by atoms with van der Waals surface area (Å²) >= 11 is 0. The Morgan fingerprint density at radius 1 is 1.18 bits per heavy atom. The molecule has 0 heterocycles. The van der Waals surface area contributed by atoms with E-state index in [4.69, 9.17) is 0 Å². The maximum atomic E-state index is 13.6. The monoisotopic (exact) mass is 386 g/mol. The molecule has 1 aliphatic carbocycles. The standard InChI is InChI=1S/C22H24F2N2O2/c1-26(20-9-4-7-15-6-2-3-8-17(15)20)21(27)10-5-13-25-22(28)18-12-11-16(23)14-19(18)24/h2-3,6,8,11-12,14,20H,4-5,7,9-10,13H2,1H3,(H,25,28)/t20-/m1/s1. The van der Waals surface area contributed by atoms with Crippen LogP contribution in [0.2, 0.25) is 0 Å². The van der Waals surface area contributed by atoms with Crippen molar-refractivity contribution in [3.8, 4) is 0 Å². The van der Waals surface area contributed by atoms with E-state index < -0.39 is 17.5 Å². The van der Waals surface area contributed by atoms with Crippen molar-refractivity contribution in [2.24, 2.45) is 0 Å². The number of rotatable bonds is 6. The molecule has 0 bridgehead atoms. The van der Waals surface area contributed by atoms with Crippen LogP contribution in [0.5, 0.6) is 0 Å². The van der Waals surface area contributed by atoms with Crippen LogP contribution in [0.25, 0.3) is 0 Å². The van der Waals surface area contributed by atoms with E-state index in [1.807, 2.05) is 19.2 Å². The summed E-state index contributed by atoms with van der Waals surface area (Å²) in [6.07, 6.45) is 3.78. The van der Waals surface area contributed by atoms with Gasteiger partial charge in [0.05, 0.1) is 11.6 Å².